The molecule has 144 valence electrons. The fourth-order valence-electron chi connectivity index (χ4n) is 3.66. The van der Waals surface area contributed by atoms with Gasteiger partial charge in [0, 0.05) is 31.0 Å². The lowest BCUT2D eigenvalue weighted by atomic mass is 10.1. The Labute approximate surface area is 158 Å². The summed E-state index contributed by atoms with van der Waals surface area (Å²) >= 11 is 0. The molecule has 2 aromatic rings. The lowest BCUT2D eigenvalue weighted by molar-refractivity contribution is -0.137. The van der Waals surface area contributed by atoms with Crippen molar-refractivity contribution in [2.75, 3.05) is 13.7 Å². The van der Waals surface area contributed by atoms with Crippen molar-refractivity contribution in [3.05, 3.63) is 52.8 Å². The average Bonchev–Trinajstić information content (AvgIpc) is 3.16. The molecule has 7 nitrogen and oxygen atoms in total. The van der Waals surface area contributed by atoms with Gasteiger partial charge in [-0.15, -0.1) is 0 Å². The van der Waals surface area contributed by atoms with E-state index in [1.807, 2.05) is 42.8 Å². The standard InChI is InChI=1S/C20H25N3O4/c1-13-7-14(2)23(21-13)11-15-5-4-6-16(8-15)20(26)22-12-18(27-3)9-17(22)10-19(24)25/h4-8,17-18H,9-12H2,1-3H3,(H,24,25). The van der Waals surface area contributed by atoms with Gasteiger partial charge in [0.15, 0.2) is 0 Å². The predicted molar refractivity (Wildman–Crippen MR) is 99.7 cm³/mol. The molecule has 3 rings (SSSR count). The van der Waals surface area contributed by atoms with E-state index in [0.717, 1.165) is 17.0 Å². The minimum Gasteiger partial charge on any atom is -0.481 e. The second-order valence-corrected chi connectivity index (χ2v) is 7.09. The Balaban J connectivity index is 1.79. The molecule has 0 saturated carbocycles. The van der Waals surface area contributed by atoms with Crippen molar-refractivity contribution in [1.82, 2.24) is 14.7 Å². The number of aliphatic carboxylic acids is 1. The molecule has 1 amide bonds. The van der Waals surface area contributed by atoms with Gasteiger partial charge >= 0.3 is 5.97 Å². The van der Waals surface area contributed by atoms with Crippen molar-refractivity contribution in [3.8, 4) is 0 Å². The number of aryl methyl sites for hydroxylation is 2. The quantitative estimate of drug-likeness (QED) is 0.842. The normalized spacial score (nSPS) is 19.4. The number of aromatic nitrogens is 2. The van der Waals surface area contributed by atoms with E-state index in [9.17, 15) is 9.59 Å². The molecule has 1 aromatic carbocycles. The number of carboxylic acids is 1. The molecule has 2 unspecified atom stereocenters. The molecule has 1 aromatic heterocycles. The molecule has 1 fully saturated rings. The van der Waals surface area contributed by atoms with Crippen LogP contribution in [-0.4, -0.2) is 57.5 Å². The van der Waals surface area contributed by atoms with Gasteiger partial charge in [0.2, 0.25) is 0 Å². The van der Waals surface area contributed by atoms with Crippen LogP contribution in [0.2, 0.25) is 0 Å². The molecular formula is C20H25N3O4. The first-order valence-electron chi connectivity index (χ1n) is 9.03. The SMILES string of the molecule is COC1CC(CC(=O)O)N(C(=O)c2cccc(Cn3nc(C)cc3C)c2)C1. The molecule has 0 spiro atoms. The second-order valence-electron chi connectivity index (χ2n) is 7.09. The fourth-order valence-corrected chi connectivity index (χ4v) is 3.66. The summed E-state index contributed by atoms with van der Waals surface area (Å²) in [4.78, 5) is 25.8. The van der Waals surface area contributed by atoms with E-state index in [2.05, 4.69) is 5.10 Å². The monoisotopic (exact) mass is 371 g/mol. The molecule has 1 aliphatic rings. The van der Waals surface area contributed by atoms with Crippen LogP contribution in [0, 0.1) is 13.8 Å². The van der Waals surface area contributed by atoms with Gasteiger partial charge in [-0.2, -0.15) is 5.10 Å². The largest absolute Gasteiger partial charge is 0.481 e. The maximum Gasteiger partial charge on any atom is 0.305 e. The molecule has 1 N–H and O–H groups in total. The first kappa shape index (κ1) is 19.1. The summed E-state index contributed by atoms with van der Waals surface area (Å²) in [5.41, 5.74) is 3.55. The lowest BCUT2D eigenvalue weighted by Crippen LogP contribution is -2.37. The third-order valence-electron chi connectivity index (χ3n) is 4.99. The Bertz CT molecular complexity index is 846. The zero-order valence-electron chi connectivity index (χ0n) is 15.9. The van der Waals surface area contributed by atoms with Crippen LogP contribution in [-0.2, 0) is 16.1 Å². The van der Waals surface area contributed by atoms with Gasteiger partial charge in [-0.05, 0) is 44.0 Å². The Kier molecular flexibility index (Phi) is 5.60. The van der Waals surface area contributed by atoms with Crippen molar-refractivity contribution >= 4 is 11.9 Å². The van der Waals surface area contributed by atoms with Gasteiger partial charge in [0.25, 0.3) is 5.91 Å². The van der Waals surface area contributed by atoms with E-state index in [4.69, 9.17) is 9.84 Å². The molecule has 1 aliphatic heterocycles. The Morgan fingerprint density at radius 3 is 2.70 bits per heavy atom. The molecule has 0 bridgehead atoms. The third-order valence-corrected chi connectivity index (χ3v) is 4.99. The zero-order chi connectivity index (χ0) is 19.6. The number of hydrogen-bond donors (Lipinski definition) is 1. The lowest BCUT2D eigenvalue weighted by Gasteiger charge is -2.23. The molecule has 2 atom stereocenters. The number of benzene rings is 1. The maximum absolute atomic E-state index is 13.0. The molecule has 7 heteroatoms. The fraction of sp³-hybridized carbons (Fsp3) is 0.450. The van der Waals surface area contributed by atoms with E-state index in [-0.39, 0.29) is 24.5 Å². The Hall–Kier alpha value is -2.67. The van der Waals surface area contributed by atoms with Crippen LogP contribution in [0.25, 0.3) is 0 Å². The number of carbonyl (C=O) groups excluding carboxylic acids is 1. The minimum atomic E-state index is -0.909. The van der Waals surface area contributed by atoms with Gasteiger partial charge in [-0.3, -0.25) is 14.3 Å². The van der Waals surface area contributed by atoms with Crippen LogP contribution in [0.3, 0.4) is 0 Å². The average molecular weight is 371 g/mol. The van der Waals surface area contributed by atoms with E-state index in [0.29, 0.717) is 25.1 Å². The predicted octanol–water partition coefficient (Wildman–Crippen LogP) is 2.25. The number of methoxy groups -OCH3 is 1. The number of nitrogens with zero attached hydrogens (tertiary/aromatic N) is 3. The minimum absolute atomic E-state index is 0.0724. The number of rotatable bonds is 6. The Morgan fingerprint density at radius 2 is 2.07 bits per heavy atom. The summed E-state index contributed by atoms with van der Waals surface area (Å²) in [6.45, 7) is 4.95. The van der Waals surface area contributed by atoms with Gasteiger partial charge in [0.1, 0.15) is 0 Å². The highest BCUT2D eigenvalue weighted by molar-refractivity contribution is 5.95. The molecule has 1 saturated heterocycles. The highest BCUT2D eigenvalue weighted by Gasteiger charge is 2.36. The van der Waals surface area contributed by atoms with Gasteiger partial charge < -0.3 is 14.7 Å². The second kappa shape index (κ2) is 7.92. The van der Waals surface area contributed by atoms with Gasteiger partial charge in [-0.25, -0.2) is 0 Å². The number of likely N-dealkylation sites (tertiary alicyclic amines) is 1. The van der Waals surface area contributed by atoms with Crippen LogP contribution in [0.1, 0.15) is 40.2 Å². The van der Waals surface area contributed by atoms with Crippen LogP contribution in [0.15, 0.2) is 30.3 Å². The number of carboxylic acid groups (broad SMARTS) is 1. The van der Waals surface area contributed by atoms with Crippen LogP contribution < -0.4 is 0 Å². The van der Waals surface area contributed by atoms with E-state index in [1.54, 1.807) is 18.1 Å². The highest BCUT2D eigenvalue weighted by Crippen LogP contribution is 2.25. The number of hydrogen-bond acceptors (Lipinski definition) is 4. The topological polar surface area (TPSA) is 84.7 Å². The van der Waals surface area contributed by atoms with Crippen molar-refractivity contribution in [1.29, 1.82) is 0 Å². The summed E-state index contributed by atoms with van der Waals surface area (Å²) in [5.74, 6) is -1.07. The smallest absolute Gasteiger partial charge is 0.305 e. The van der Waals surface area contributed by atoms with E-state index in [1.165, 1.54) is 0 Å². The summed E-state index contributed by atoms with van der Waals surface area (Å²) in [5, 5.41) is 13.6. The number of carbonyl (C=O) groups is 2. The molecule has 0 radical (unpaired) electrons. The van der Waals surface area contributed by atoms with Crippen molar-refractivity contribution in [3.63, 3.8) is 0 Å². The summed E-state index contributed by atoms with van der Waals surface area (Å²) < 4.78 is 7.26. The van der Waals surface area contributed by atoms with E-state index >= 15 is 0 Å². The highest BCUT2D eigenvalue weighted by atomic mass is 16.5. The summed E-state index contributed by atoms with van der Waals surface area (Å²) in [6, 6.07) is 9.11. The van der Waals surface area contributed by atoms with Crippen molar-refractivity contribution in [2.45, 2.75) is 45.4 Å². The first-order valence-corrected chi connectivity index (χ1v) is 9.03. The van der Waals surface area contributed by atoms with Crippen LogP contribution in [0.4, 0.5) is 0 Å². The summed E-state index contributed by atoms with van der Waals surface area (Å²) in [6.07, 6.45) is 0.341. The van der Waals surface area contributed by atoms with Crippen molar-refractivity contribution in [2.24, 2.45) is 0 Å². The zero-order valence-corrected chi connectivity index (χ0v) is 15.9. The number of ether oxygens (including phenoxy) is 1. The first-order chi connectivity index (χ1) is 12.9. The molecule has 0 aliphatic carbocycles. The number of amides is 1. The van der Waals surface area contributed by atoms with Gasteiger partial charge in [-0.1, -0.05) is 12.1 Å². The maximum atomic E-state index is 13.0. The molecular weight excluding hydrogens is 346 g/mol. The molecule has 2 heterocycles. The Morgan fingerprint density at radius 1 is 1.30 bits per heavy atom. The third kappa shape index (κ3) is 4.36. The van der Waals surface area contributed by atoms with Crippen molar-refractivity contribution < 1.29 is 19.4 Å². The van der Waals surface area contributed by atoms with Gasteiger partial charge in [0.05, 0.1) is 24.8 Å². The van der Waals surface area contributed by atoms with Crippen LogP contribution >= 0.6 is 0 Å². The van der Waals surface area contributed by atoms with E-state index < -0.39 is 5.97 Å². The summed E-state index contributed by atoms with van der Waals surface area (Å²) in [7, 11) is 1.59. The molecule has 27 heavy (non-hydrogen) atoms. The van der Waals surface area contributed by atoms with Crippen LogP contribution in [0.5, 0.6) is 0 Å².